The van der Waals surface area contributed by atoms with Crippen LogP contribution in [0, 0.1) is 6.92 Å². The summed E-state index contributed by atoms with van der Waals surface area (Å²) in [5, 5.41) is 2.89. The van der Waals surface area contributed by atoms with Crippen molar-refractivity contribution < 1.29 is 37.0 Å². The highest BCUT2D eigenvalue weighted by atomic mass is 19.4. The second kappa shape index (κ2) is 12.2. The third kappa shape index (κ3) is 7.51. The fourth-order valence-electron chi connectivity index (χ4n) is 4.54. The standard InChI is InChI=1S/C29H29F3N2O5/c1-19-5-3-8-25(27(19)20-9-11-23(12-10-20)39-29(30,31)32)28(36)33-21-6-4-7-24(17-21)38-22-13-15-34(16-14-22)26(35)18-37-2/h3-12,17,22H,13-16,18H2,1-2H3,(H,33,36). The van der Waals surface area contributed by atoms with Gasteiger partial charge in [-0.2, -0.15) is 0 Å². The molecule has 1 saturated heterocycles. The summed E-state index contributed by atoms with van der Waals surface area (Å²) in [6.45, 7) is 3.06. The zero-order chi connectivity index (χ0) is 28.0. The minimum Gasteiger partial charge on any atom is -0.490 e. The summed E-state index contributed by atoms with van der Waals surface area (Å²) in [4.78, 5) is 27.1. The Morgan fingerprint density at radius 1 is 0.974 bits per heavy atom. The van der Waals surface area contributed by atoms with E-state index in [4.69, 9.17) is 9.47 Å². The van der Waals surface area contributed by atoms with Gasteiger partial charge < -0.3 is 24.4 Å². The minimum absolute atomic E-state index is 0.0400. The number of carbonyl (C=O) groups is 2. The Labute approximate surface area is 224 Å². The van der Waals surface area contributed by atoms with Crippen LogP contribution in [0.4, 0.5) is 18.9 Å². The summed E-state index contributed by atoms with van der Waals surface area (Å²) in [6.07, 6.45) is -3.47. The van der Waals surface area contributed by atoms with E-state index in [1.165, 1.54) is 31.4 Å². The maximum Gasteiger partial charge on any atom is 0.573 e. The maximum absolute atomic E-state index is 13.3. The SMILES string of the molecule is COCC(=O)N1CCC(Oc2cccc(NC(=O)c3cccc(C)c3-c3ccc(OC(F)(F)F)cc3)c2)CC1. The normalized spacial score (nSPS) is 14.1. The first-order valence-corrected chi connectivity index (χ1v) is 12.4. The van der Waals surface area contributed by atoms with Gasteiger partial charge in [-0.15, -0.1) is 13.2 Å². The van der Waals surface area contributed by atoms with Crippen molar-refractivity contribution in [1.82, 2.24) is 4.90 Å². The summed E-state index contributed by atoms with van der Waals surface area (Å²) in [7, 11) is 1.49. The number of benzene rings is 3. The van der Waals surface area contributed by atoms with Crippen LogP contribution in [-0.4, -0.2) is 56.0 Å². The molecule has 0 spiro atoms. The van der Waals surface area contributed by atoms with Crippen molar-refractivity contribution in [2.75, 3.05) is 32.1 Å². The van der Waals surface area contributed by atoms with Crippen molar-refractivity contribution in [2.24, 2.45) is 0 Å². The number of halogens is 3. The molecule has 1 aliphatic rings. The molecule has 0 aliphatic carbocycles. The van der Waals surface area contributed by atoms with Gasteiger partial charge in [-0.25, -0.2) is 0 Å². The fraction of sp³-hybridized carbons (Fsp3) is 0.310. The molecule has 1 fully saturated rings. The molecule has 0 radical (unpaired) electrons. The van der Waals surface area contributed by atoms with Crippen LogP contribution in [0.1, 0.15) is 28.8 Å². The Hall–Kier alpha value is -4.05. The van der Waals surface area contributed by atoms with E-state index >= 15 is 0 Å². The molecule has 3 aromatic carbocycles. The second-order valence-corrected chi connectivity index (χ2v) is 9.18. The van der Waals surface area contributed by atoms with E-state index in [2.05, 4.69) is 10.1 Å². The third-order valence-electron chi connectivity index (χ3n) is 6.35. The number of likely N-dealkylation sites (tertiary alicyclic amines) is 1. The lowest BCUT2D eigenvalue weighted by molar-refractivity contribution is -0.274. The average Bonchev–Trinajstić information content (AvgIpc) is 2.89. The van der Waals surface area contributed by atoms with Crippen LogP contribution in [0.3, 0.4) is 0 Å². The highest BCUT2D eigenvalue weighted by molar-refractivity contribution is 6.09. The summed E-state index contributed by atoms with van der Waals surface area (Å²) in [5.74, 6) is -0.151. The highest BCUT2D eigenvalue weighted by Gasteiger charge is 2.31. The Balaban J connectivity index is 1.44. The molecule has 2 amide bonds. The third-order valence-corrected chi connectivity index (χ3v) is 6.35. The molecule has 39 heavy (non-hydrogen) atoms. The molecular formula is C29H29F3N2O5. The monoisotopic (exact) mass is 542 g/mol. The molecule has 0 unspecified atom stereocenters. The van der Waals surface area contributed by atoms with Gasteiger partial charge in [0.25, 0.3) is 5.91 Å². The first kappa shape index (κ1) is 28.0. The van der Waals surface area contributed by atoms with Gasteiger partial charge in [0.05, 0.1) is 0 Å². The van der Waals surface area contributed by atoms with E-state index in [1.54, 1.807) is 41.3 Å². The molecule has 0 bridgehead atoms. The highest BCUT2D eigenvalue weighted by Crippen LogP contribution is 2.31. The number of ether oxygens (including phenoxy) is 3. The molecule has 10 heteroatoms. The minimum atomic E-state index is -4.78. The van der Waals surface area contributed by atoms with Crippen LogP contribution >= 0.6 is 0 Å². The molecular weight excluding hydrogens is 513 g/mol. The molecule has 7 nitrogen and oxygen atoms in total. The number of hydrogen-bond acceptors (Lipinski definition) is 5. The first-order valence-electron chi connectivity index (χ1n) is 12.4. The molecule has 3 aromatic rings. The van der Waals surface area contributed by atoms with Crippen LogP contribution in [0.15, 0.2) is 66.7 Å². The van der Waals surface area contributed by atoms with Crippen LogP contribution < -0.4 is 14.8 Å². The zero-order valence-corrected chi connectivity index (χ0v) is 21.6. The summed E-state index contributed by atoms with van der Waals surface area (Å²) in [5.41, 5.74) is 2.89. The van der Waals surface area contributed by atoms with Gasteiger partial charge in [0.1, 0.15) is 24.2 Å². The van der Waals surface area contributed by atoms with Gasteiger partial charge in [0.15, 0.2) is 0 Å². The molecule has 0 saturated carbocycles. The predicted octanol–water partition coefficient (Wildman–Crippen LogP) is 5.83. The van der Waals surface area contributed by atoms with E-state index in [9.17, 15) is 22.8 Å². The molecule has 0 aromatic heterocycles. The molecule has 1 aliphatic heterocycles. The van der Waals surface area contributed by atoms with Gasteiger partial charge in [0, 0.05) is 50.4 Å². The Kier molecular flexibility index (Phi) is 8.75. The first-order chi connectivity index (χ1) is 18.6. The average molecular weight is 543 g/mol. The van der Waals surface area contributed by atoms with Crippen molar-refractivity contribution in [3.63, 3.8) is 0 Å². The van der Waals surface area contributed by atoms with E-state index in [1.807, 2.05) is 13.0 Å². The van der Waals surface area contributed by atoms with Crippen LogP contribution in [0.25, 0.3) is 11.1 Å². The van der Waals surface area contributed by atoms with Gasteiger partial charge >= 0.3 is 6.36 Å². The number of carbonyl (C=O) groups excluding carboxylic acids is 2. The molecule has 4 rings (SSSR count). The number of hydrogen-bond donors (Lipinski definition) is 1. The molecule has 1 heterocycles. The van der Waals surface area contributed by atoms with Crippen molar-refractivity contribution in [3.05, 3.63) is 77.9 Å². The van der Waals surface area contributed by atoms with Crippen molar-refractivity contribution in [3.8, 4) is 22.6 Å². The van der Waals surface area contributed by atoms with Gasteiger partial charge in [-0.1, -0.05) is 30.3 Å². The maximum atomic E-state index is 13.3. The Bertz CT molecular complexity index is 1300. The number of piperidine rings is 1. The molecule has 1 N–H and O–H groups in total. The van der Waals surface area contributed by atoms with E-state index < -0.39 is 6.36 Å². The van der Waals surface area contributed by atoms with Crippen molar-refractivity contribution in [2.45, 2.75) is 32.2 Å². The van der Waals surface area contributed by atoms with Crippen LogP contribution in [0.2, 0.25) is 0 Å². The predicted molar refractivity (Wildman–Crippen MR) is 140 cm³/mol. The lowest BCUT2D eigenvalue weighted by Crippen LogP contribution is -2.43. The largest absolute Gasteiger partial charge is 0.573 e. The van der Waals surface area contributed by atoms with Gasteiger partial charge in [0.2, 0.25) is 5.91 Å². The van der Waals surface area contributed by atoms with Crippen LogP contribution in [-0.2, 0) is 9.53 Å². The number of rotatable bonds is 8. The lowest BCUT2D eigenvalue weighted by atomic mass is 9.94. The van der Waals surface area contributed by atoms with Crippen LogP contribution in [0.5, 0.6) is 11.5 Å². The van der Waals surface area contributed by atoms with Gasteiger partial charge in [-0.3, -0.25) is 9.59 Å². The molecule has 206 valence electrons. The lowest BCUT2D eigenvalue weighted by Gasteiger charge is -2.32. The van der Waals surface area contributed by atoms with Crippen molar-refractivity contribution in [1.29, 1.82) is 0 Å². The smallest absolute Gasteiger partial charge is 0.490 e. The van der Waals surface area contributed by atoms with E-state index in [-0.39, 0.29) is 30.3 Å². The zero-order valence-electron chi connectivity index (χ0n) is 21.6. The van der Waals surface area contributed by atoms with Crippen molar-refractivity contribution >= 4 is 17.5 Å². The summed E-state index contributed by atoms with van der Waals surface area (Å²) < 4.78 is 52.6. The topological polar surface area (TPSA) is 77.1 Å². The van der Waals surface area contributed by atoms with Gasteiger partial charge in [-0.05, 0) is 53.9 Å². The Morgan fingerprint density at radius 3 is 2.33 bits per heavy atom. The number of alkyl halides is 3. The quantitative estimate of drug-likeness (QED) is 0.388. The fourth-order valence-corrected chi connectivity index (χ4v) is 4.54. The number of methoxy groups -OCH3 is 1. The number of amides is 2. The number of nitrogens with zero attached hydrogens (tertiary/aromatic N) is 1. The summed E-state index contributed by atoms with van der Waals surface area (Å²) in [6, 6.07) is 17.7. The molecule has 0 atom stereocenters. The van der Waals surface area contributed by atoms with E-state index in [0.29, 0.717) is 54.1 Å². The second-order valence-electron chi connectivity index (χ2n) is 9.18. The number of aryl methyl sites for hydroxylation is 1. The summed E-state index contributed by atoms with van der Waals surface area (Å²) >= 11 is 0. The Morgan fingerprint density at radius 2 is 1.67 bits per heavy atom. The number of anilines is 1. The number of nitrogens with one attached hydrogen (secondary N) is 1. The van der Waals surface area contributed by atoms with E-state index in [0.717, 1.165) is 5.56 Å².